The third-order valence-corrected chi connectivity index (χ3v) is 3.62. The van der Waals surface area contributed by atoms with Crippen molar-refractivity contribution in [2.75, 3.05) is 5.32 Å². The van der Waals surface area contributed by atoms with Crippen molar-refractivity contribution in [2.45, 2.75) is 19.3 Å². The van der Waals surface area contributed by atoms with Gasteiger partial charge >= 0.3 is 0 Å². The van der Waals surface area contributed by atoms with E-state index in [0.29, 0.717) is 12.3 Å². The molecule has 1 unspecified atom stereocenters. The molecule has 3 rings (SSSR count). The third-order valence-electron chi connectivity index (χ3n) is 3.62. The van der Waals surface area contributed by atoms with Crippen LogP contribution in [-0.4, -0.2) is 5.91 Å². The van der Waals surface area contributed by atoms with Gasteiger partial charge in [-0.2, -0.15) is 0 Å². The van der Waals surface area contributed by atoms with Crippen molar-refractivity contribution in [3.8, 4) is 0 Å². The molecule has 0 saturated heterocycles. The van der Waals surface area contributed by atoms with Gasteiger partial charge in [0.05, 0.1) is 0 Å². The summed E-state index contributed by atoms with van der Waals surface area (Å²) in [5, 5.41) is 5.29. The van der Waals surface area contributed by atoms with Crippen LogP contribution >= 0.6 is 0 Å². The smallest absolute Gasteiger partial charge is 0.224 e. The van der Waals surface area contributed by atoms with Gasteiger partial charge in [0.2, 0.25) is 5.91 Å². The van der Waals surface area contributed by atoms with Gasteiger partial charge in [-0.25, -0.2) is 0 Å². The Kier molecular flexibility index (Phi) is 3.32. The van der Waals surface area contributed by atoms with Crippen LogP contribution in [-0.2, 0) is 4.79 Å². The summed E-state index contributed by atoms with van der Waals surface area (Å²) in [5.41, 5.74) is 0.907. The zero-order valence-electron chi connectivity index (χ0n) is 10.8. The van der Waals surface area contributed by atoms with E-state index in [-0.39, 0.29) is 5.91 Å². The molecule has 0 heterocycles. The van der Waals surface area contributed by atoms with Gasteiger partial charge in [-0.15, -0.1) is 0 Å². The van der Waals surface area contributed by atoms with Gasteiger partial charge in [-0.3, -0.25) is 4.79 Å². The lowest BCUT2D eigenvalue weighted by Gasteiger charge is -2.11. The van der Waals surface area contributed by atoms with Gasteiger partial charge in [0, 0.05) is 17.5 Å². The van der Waals surface area contributed by atoms with Crippen molar-refractivity contribution >= 4 is 22.4 Å². The second kappa shape index (κ2) is 5.27. The largest absolute Gasteiger partial charge is 0.325 e. The Morgan fingerprint density at radius 2 is 2.00 bits per heavy atom. The van der Waals surface area contributed by atoms with Gasteiger partial charge in [0.15, 0.2) is 0 Å². The number of amides is 1. The molecule has 96 valence electrons. The number of carbonyl (C=O) groups is 1. The Morgan fingerprint density at radius 1 is 1.16 bits per heavy atom. The number of carbonyl (C=O) groups excluding carboxylic acids is 1. The Hall–Kier alpha value is -2.09. The molecule has 1 aliphatic carbocycles. The van der Waals surface area contributed by atoms with Crippen LogP contribution in [0, 0.1) is 5.92 Å². The van der Waals surface area contributed by atoms with E-state index in [1.807, 2.05) is 30.3 Å². The molecule has 1 atom stereocenters. The van der Waals surface area contributed by atoms with Crippen LogP contribution in [0.15, 0.2) is 54.6 Å². The van der Waals surface area contributed by atoms with E-state index < -0.39 is 0 Å². The molecule has 2 heteroatoms. The number of hydrogen-bond donors (Lipinski definition) is 1. The van der Waals surface area contributed by atoms with E-state index in [4.69, 9.17) is 0 Å². The van der Waals surface area contributed by atoms with E-state index in [2.05, 4.69) is 29.6 Å². The van der Waals surface area contributed by atoms with Crippen molar-refractivity contribution < 1.29 is 4.79 Å². The molecule has 0 saturated carbocycles. The molecule has 0 radical (unpaired) electrons. The topological polar surface area (TPSA) is 29.1 Å². The number of hydrogen-bond acceptors (Lipinski definition) is 1. The molecule has 0 fully saturated rings. The minimum atomic E-state index is 0.105. The molecule has 0 aliphatic heterocycles. The predicted molar refractivity (Wildman–Crippen MR) is 79.1 cm³/mol. The Bertz CT molecular complexity index is 625. The molecule has 0 spiro atoms. The maximum Gasteiger partial charge on any atom is 0.224 e. The van der Waals surface area contributed by atoms with Crippen LogP contribution in [0.3, 0.4) is 0 Å². The van der Waals surface area contributed by atoms with Gasteiger partial charge in [-0.1, -0.05) is 48.6 Å². The summed E-state index contributed by atoms with van der Waals surface area (Å²) in [7, 11) is 0. The molecular weight excluding hydrogens is 234 g/mol. The number of fused-ring (bicyclic) bond motifs is 1. The number of anilines is 1. The van der Waals surface area contributed by atoms with Crippen LogP contribution in [0.4, 0.5) is 5.69 Å². The van der Waals surface area contributed by atoms with E-state index in [9.17, 15) is 4.79 Å². The number of rotatable bonds is 3. The second-order valence-corrected chi connectivity index (χ2v) is 5.04. The maximum absolute atomic E-state index is 12.1. The molecular formula is C17H17NO. The van der Waals surface area contributed by atoms with Crippen LogP contribution in [0.2, 0.25) is 0 Å². The zero-order chi connectivity index (χ0) is 13.1. The van der Waals surface area contributed by atoms with Crippen LogP contribution in [0.1, 0.15) is 19.3 Å². The molecule has 19 heavy (non-hydrogen) atoms. The first-order chi connectivity index (χ1) is 9.33. The monoisotopic (exact) mass is 251 g/mol. The highest BCUT2D eigenvalue weighted by Crippen LogP contribution is 2.25. The summed E-state index contributed by atoms with van der Waals surface area (Å²) in [6, 6.07) is 14.1. The minimum absolute atomic E-state index is 0.105. The number of nitrogens with one attached hydrogen (secondary N) is 1. The van der Waals surface area contributed by atoms with Crippen molar-refractivity contribution in [1.29, 1.82) is 0 Å². The lowest BCUT2D eigenvalue weighted by atomic mass is 10.0. The molecule has 2 aromatic carbocycles. The highest BCUT2D eigenvalue weighted by atomic mass is 16.1. The lowest BCUT2D eigenvalue weighted by Crippen LogP contribution is -2.14. The van der Waals surface area contributed by atoms with Gasteiger partial charge < -0.3 is 5.32 Å². The number of allylic oxidation sites excluding steroid dienone is 2. The van der Waals surface area contributed by atoms with E-state index in [1.165, 1.54) is 0 Å². The van der Waals surface area contributed by atoms with Gasteiger partial charge in [-0.05, 0) is 30.2 Å². The average Bonchev–Trinajstić information content (AvgIpc) is 2.92. The molecule has 1 aliphatic rings. The Morgan fingerprint density at radius 3 is 2.84 bits per heavy atom. The summed E-state index contributed by atoms with van der Waals surface area (Å²) in [4.78, 5) is 12.1. The molecule has 0 bridgehead atoms. The summed E-state index contributed by atoms with van der Waals surface area (Å²) in [5.74, 6) is 0.517. The Labute approximate surface area is 113 Å². The van der Waals surface area contributed by atoms with Crippen LogP contribution in [0.25, 0.3) is 10.8 Å². The normalized spacial score (nSPS) is 17.8. The van der Waals surface area contributed by atoms with E-state index in [1.54, 1.807) is 0 Å². The van der Waals surface area contributed by atoms with Crippen molar-refractivity contribution in [2.24, 2.45) is 5.92 Å². The fraction of sp³-hybridized carbons (Fsp3) is 0.235. The SMILES string of the molecule is O=C(CC1C=CCC1)Nc1cccc2ccccc12. The van der Waals surface area contributed by atoms with Crippen LogP contribution in [0.5, 0.6) is 0 Å². The highest BCUT2D eigenvalue weighted by Gasteiger charge is 2.14. The van der Waals surface area contributed by atoms with Crippen molar-refractivity contribution in [1.82, 2.24) is 0 Å². The molecule has 1 amide bonds. The van der Waals surface area contributed by atoms with E-state index >= 15 is 0 Å². The average molecular weight is 251 g/mol. The Balaban J connectivity index is 1.77. The quantitative estimate of drug-likeness (QED) is 0.816. The molecule has 2 nitrogen and oxygen atoms in total. The van der Waals surface area contributed by atoms with Gasteiger partial charge in [0.1, 0.15) is 0 Å². The molecule has 2 aromatic rings. The van der Waals surface area contributed by atoms with Crippen molar-refractivity contribution in [3.05, 3.63) is 54.6 Å². The molecule has 1 N–H and O–H groups in total. The second-order valence-electron chi connectivity index (χ2n) is 5.04. The summed E-state index contributed by atoms with van der Waals surface area (Å²) >= 11 is 0. The fourth-order valence-electron chi connectivity index (χ4n) is 2.64. The van der Waals surface area contributed by atoms with Gasteiger partial charge in [0.25, 0.3) is 0 Å². The fourth-order valence-corrected chi connectivity index (χ4v) is 2.64. The first-order valence-corrected chi connectivity index (χ1v) is 6.77. The predicted octanol–water partition coefficient (Wildman–Crippen LogP) is 4.13. The van der Waals surface area contributed by atoms with Crippen LogP contribution < -0.4 is 5.32 Å². The molecule has 0 aromatic heterocycles. The maximum atomic E-state index is 12.1. The first kappa shape index (κ1) is 12.0. The lowest BCUT2D eigenvalue weighted by molar-refractivity contribution is -0.116. The number of benzene rings is 2. The summed E-state index contributed by atoms with van der Waals surface area (Å²) in [6.07, 6.45) is 7.10. The standard InChI is InChI=1S/C17H17NO/c19-17(12-13-6-1-2-7-13)18-16-11-5-9-14-8-3-4-10-15(14)16/h1,3-6,8-11,13H,2,7,12H2,(H,18,19). The summed E-state index contributed by atoms with van der Waals surface area (Å²) in [6.45, 7) is 0. The first-order valence-electron chi connectivity index (χ1n) is 6.77. The highest BCUT2D eigenvalue weighted by molar-refractivity contribution is 6.02. The minimum Gasteiger partial charge on any atom is -0.325 e. The van der Waals surface area contributed by atoms with E-state index in [0.717, 1.165) is 29.3 Å². The third kappa shape index (κ3) is 2.68. The zero-order valence-corrected chi connectivity index (χ0v) is 10.8. The van der Waals surface area contributed by atoms with Crippen molar-refractivity contribution in [3.63, 3.8) is 0 Å². The summed E-state index contributed by atoms with van der Waals surface area (Å²) < 4.78 is 0.